The summed E-state index contributed by atoms with van der Waals surface area (Å²) in [6.45, 7) is 13.2. The van der Waals surface area contributed by atoms with Gasteiger partial charge in [0.1, 0.15) is 0 Å². The average molecular weight is 362 g/mol. The Kier molecular flexibility index (Phi) is 10.1. The first kappa shape index (κ1) is 20.6. The fourth-order valence-electron chi connectivity index (χ4n) is 2.67. The van der Waals surface area contributed by atoms with Gasteiger partial charge in [-0.15, -0.1) is 0 Å². The quantitative estimate of drug-likeness (QED) is 0.615. The van der Waals surface area contributed by atoms with E-state index in [9.17, 15) is 0 Å². The van der Waals surface area contributed by atoms with Gasteiger partial charge in [0.2, 0.25) is 0 Å². The van der Waals surface area contributed by atoms with Crippen molar-refractivity contribution in [1.29, 1.82) is 0 Å². The first-order valence-electron chi connectivity index (χ1n) is 8.05. The molecule has 0 aliphatic heterocycles. The van der Waals surface area contributed by atoms with E-state index in [-0.39, 0.29) is 26.2 Å². The molecule has 2 aromatic carbocycles. The monoisotopic (exact) mass is 360 g/mol. The molecule has 0 heterocycles. The molecule has 0 aliphatic rings. The summed E-state index contributed by atoms with van der Waals surface area (Å²) < 4.78 is 0. The number of hydrogen-bond acceptors (Lipinski definition) is 0. The summed E-state index contributed by atoms with van der Waals surface area (Å²) in [6.07, 6.45) is 4.68. The van der Waals surface area contributed by atoms with Gasteiger partial charge >= 0.3 is 26.2 Å². The Morgan fingerprint density at radius 1 is 0.667 bits per heavy atom. The molecule has 1 heteroatoms. The van der Waals surface area contributed by atoms with E-state index < -0.39 is 0 Å². The van der Waals surface area contributed by atoms with Crippen molar-refractivity contribution in [2.45, 2.75) is 67.2 Å². The molecule has 2 rings (SSSR count). The van der Waals surface area contributed by atoms with E-state index >= 15 is 0 Å². The van der Waals surface area contributed by atoms with Crippen LogP contribution < -0.4 is 0 Å². The van der Waals surface area contributed by atoms with Gasteiger partial charge < -0.3 is 0 Å². The van der Waals surface area contributed by atoms with Crippen LogP contribution in [0.25, 0.3) is 0 Å². The normalized spacial score (nSPS) is 9.81. The Morgan fingerprint density at radius 2 is 1.00 bits per heavy atom. The van der Waals surface area contributed by atoms with E-state index in [1.165, 1.54) is 59.1 Å². The van der Waals surface area contributed by atoms with Crippen LogP contribution in [0.3, 0.4) is 0 Å². The summed E-state index contributed by atoms with van der Waals surface area (Å²) in [5.74, 6) is 0. The summed E-state index contributed by atoms with van der Waals surface area (Å²) in [5.41, 5.74) is 8.90. The molecule has 0 bridgehead atoms. The largest absolute Gasteiger partial charge is 2.00 e. The number of rotatable bonds is 4. The number of hydrogen-bond donors (Lipinski definition) is 0. The molecule has 21 heavy (non-hydrogen) atoms. The molecule has 0 atom stereocenters. The second-order valence-corrected chi connectivity index (χ2v) is 5.56. The third-order valence-corrected chi connectivity index (χ3v) is 4.11. The second-order valence-electron chi connectivity index (χ2n) is 5.56. The van der Waals surface area contributed by atoms with Crippen molar-refractivity contribution in [1.82, 2.24) is 0 Å². The van der Waals surface area contributed by atoms with Gasteiger partial charge in [-0.2, -0.15) is 45.5 Å². The zero-order chi connectivity index (χ0) is 15.1. The molecule has 0 saturated heterocycles. The van der Waals surface area contributed by atoms with E-state index in [2.05, 4.69) is 65.8 Å². The molecule has 2 aromatic rings. The zero-order valence-electron chi connectivity index (χ0n) is 14.6. The van der Waals surface area contributed by atoms with Gasteiger partial charge in [-0.05, 0) is 0 Å². The van der Waals surface area contributed by atoms with Crippen LogP contribution in [0.2, 0.25) is 0 Å². The zero-order valence-corrected chi connectivity index (χ0v) is 17.1. The standard InChI is InChI=1S/2C10H15.Zr/c2*1-4-9-6-8(3)10(5-2)7-9;/h2*6-7H,4-5H2,1-3H3;/q2*-1;+2. The minimum absolute atomic E-state index is 0. The molecule has 0 N–H and O–H groups in total. The summed E-state index contributed by atoms with van der Waals surface area (Å²) in [7, 11) is 0. The van der Waals surface area contributed by atoms with Gasteiger partial charge in [0.25, 0.3) is 0 Å². The van der Waals surface area contributed by atoms with Gasteiger partial charge in [0, 0.05) is 0 Å². The van der Waals surface area contributed by atoms with Crippen LogP contribution in [0.15, 0.2) is 24.3 Å². The molecule has 0 nitrogen and oxygen atoms in total. The summed E-state index contributed by atoms with van der Waals surface area (Å²) in [5, 5.41) is 0. The third kappa shape index (κ3) is 6.07. The molecule has 0 radical (unpaired) electrons. The first-order chi connectivity index (χ1) is 9.55. The Bertz CT molecular complexity index is 466. The Hall–Kier alpha value is -0.417. The van der Waals surface area contributed by atoms with Crippen LogP contribution in [-0.2, 0) is 51.9 Å². The second kappa shape index (κ2) is 10.3. The Balaban J connectivity index is 0.000000364. The Morgan fingerprint density at radius 3 is 1.14 bits per heavy atom. The SMILES string of the molecule is CCc1cc(CC)[c-](C)c1.CCc1cc(CC)[c-](C)c1.[Zr+2]. The predicted octanol–water partition coefficient (Wildman–Crippen LogP) is 5.67. The van der Waals surface area contributed by atoms with Gasteiger partial charge in [0.05, 0.1) is 0 Å². The maximum absolute atomic E-state index is 2.31. The molecule has 0 spiro atoms. The molecule has 114 valence electrons. The average Bonchev–Trinajstić information content (AvgIpc) is 3.01. The molecular weight excluding hydrogens is 331 g/mol. The third-order valence-electron chi connectivity index (χ3n) is 4.11. The van der Waals surface area contributed by atoms with Crippen molar-refractivity contribution in [2.24, 2.45) is 0 Å². The van der Waals surface area contributed by atoms with Gasteiger partial charge in [-0.3, -0.25) is 0 Å². The summed E-state index contributed by atoms with van der Waals surface area (Å²) in [6, 6.07) is 9.21. The van der Waals surface area contributed by atoms with Crippen molar-refractivity contribution in [3.63, 3.8) is 0 Å². The van der Waals surface area contributed by atoms with Gasteiger partial charge in [-0.1, -0.05) is 67.2 Å². The van der Waals surface area contributed by atoms with E-state index in [1.54, 1.807) is 0 Å². The van der Waals surface area contributed by atoms with Crippen LogP contribution in [0.4, 0.5) is 0 Å². The van der Waals surface area contributed by atoms with Crippen LogP contribution in [0.5, 0.6) is 0 Å². The fraction of sp³-hybridized carbons (Fsp3) is 0.500. The predicted molar refractivity (Wildman–Crippen MR) is 91.1 cm³/mol. The molecule has 0 aromatic heterocycles. The first-order valence-corrected chi connectivity index (χ1v) is 8.05. The maximum atomic E-state index is 2.31. The van der Waals surface area contributed by atoms with Crippen molar-refractivity contribution in [3.8, 4) is 0 Å². The smallest absolute Gasteiger partial charge is 0.207 e. The molecule has 0 fully saturated rings. The van der Waals surface area contributed by atoms with Crippen LogP contribution in [0, 0.1) is 13.8 Å². The van der Waals surface area contributed by atoms with E-state index in [0.29, 0.717) is 0 Å². The molecular formula is C20H30Zr. The Labute approximate surface area is 150 Å². The van der Waals surface area contributed by atoms with Crippen LogP contribution >= 0.6 is 0 Å². The minimum atomic E-state index is 0. The maximum Gasteiger partial charge on any atom is 2.00 e. The van der Waals surface area contributed by atoms with Crippen molar-refractivity contribution >= 4 is 0 Å². The summed E-state index contributed by atoms with van der Waals surface area (Å²) >= 11 is 0. The van der Waals surface area contributed by atoms with E-state index in [4.69, 9.17) is 0 Å². The van der Waals surface area contributed by atoms with Crippen LogP contribution in [-0.4, -0.2) is 0 Å². The van der Waals surface area contributed by atoms with Crippen molar-refractivity contribution in [3.05, 3.63) is 57.6 Å². The summed E-state index contributed by atoms with van der Waals surface area (Å²) in [4.78, 5) is 0. The van der Waals surface area contributed by atoms with Crippen molar-refractivity contribution in [2.75, 3.05) is 0 Å². The molecule has 0 amide bonds. The molecule has 0 aliphatic carbocycles. The topological polar surface area (TPSA) is 0 Å². The van der Waals surface area contributed by atoms with E-state index in [0.717, 1.165) is 0 Å². The fourth-order valence-corrected chi connectivity index (χ4v) is 2.67. The minimum Gasteiger partial charge on any atom is -0.207 e. The molecule has 0 saturated carbocycles. The van der Waals surface area contributed by atoms with Crippen molar-refractivity contribution < 1.29 is 26.2 Å². The van der Waals surface area contributed by atoms with Crippen LogP contribution in [0.1, 0.15) is 61.1 Å². The molecule has 0 unspecified atom stereocenters. The van der Waals surface area contributed by atoms with E-state index in [1.807, 2.05) is 0 Å². The number of aryl methyl sites for hydroxylation is 6. The van der Waals surface area contributed by atoms with Gasteiger partial charge in [0.15, 0.2) is 0 Å². The van der Waals surface area contributed by atoms with Gasteiger partial charge in [-0.25, -0.2) is 12.1 Å².